The monoisotopic (exact) mass is 638 g/mol. The Bertz CT molecular complexity index is 2030. The minimum atomic E-state index is -1.14. The van der Waals surface area contributed by atoms with Crippen LogP contribution in [0.15, 0.2) is 91.2 Å². The summed E-state index contributed by atoms with van der Waals surface area (Å²) in [6.07, 6.45) is -1.02. The molecule has 0 unspecified atom stereocenters. The molecule has 10 heteroatoms. The first-order chi connectivity index (χ1) is 22.8. The molecule has 1 N–H and O–H groups in total. The van der Waals surface area contributed by atoms with E-state index in [1.807, 2.05) is 48.5 Å². The summed E-state index contributed by atoms with van der Waals surface area (Å²) >= 11 is 0. The van der Waals surface area contributed by atoms with E-state index in [1.165, 1.54) is 25.3 Å². The SMILES string of the molecule is COc1ccc(CCc2cc(=O)c3c(o2)[C@@H]2O[C@@H]2[C@H](O)[C@@H]3Oc2cc3c(=O)cc(CCc4ccc(OC)cc4)oc3cc2OC)cc1. The van der Waals surface area contributed by atoms with Gasteiger partial charge in [-0.25, -0.2) is 0 Å². The molecular formula is C37H34O10. The van der Waals surface area contributed by atoms with Crippen molar-refractivity contribution in [2.24, 2.45) is 0 Å². The average molecular weight is 639 g/mol. The van der Waals surface area contributed by atoms with Gasteiger partial charge in [-0.2, -0.15) is 0 Å². The van der Waals surface area contributed by atoms with E-state index in [4.69, 9.17) is 32.5 Å². The van der Waals surface area contributed by atoms with Crippen LogP contribution >= 0.6 is 0 Å². The summed E-state index contributed by atoms with van der Waals surface area (Å²) in [5, 5.41) is 11.4. The third-order valence-electron chi connectivity index (χ3n) is 8.74. The Balaban J connectivity index is 1.14. The third kappa shape index (κ3) is 6.09. The molecule has 5 aromatic rings. The lowest BCUT2D eigenvalue weighted by Crippen LogP contribution is -2.36. The van der Waals surface area contributed by atoms with Crippen molar-refractivity contribution in [3.05, 3.63) is 127 Å². The second-order valence-corrected chi connectivity index (χ2v) is 11.7. The van der Waals surface area contributed by atoms with Crippen molar-refractivity contribution in [1.29, 1.82) is 0 Å². The standard InChI is InChI=1S/C37H34O10/c1-41-22-10-4-20(5-11-22)8-14-24-16-27(38)26-18-31(30(43-3)19-29(26)44-24)46-34-32-28(39)17-25(45-35(32)37-36(47-37)33(34)40)15-9-21-6-12-23(42-2)13-7-21/h4-7,10-13,16-19,33-34,36-37,40H,8-9,14-15H2,1-3H3/t33-,34-,36-,37+/m1/s1. The second kappa shape index (κ2) is 12.6. The van der Waals surface area contributed by atoms with E-state index in [0.29, 0.717) is 48.5 Å². The van der Waals surface area contributed by atoms with Crippen LogP contribution in [0.4, 0.5) is 0 Å². The molecule has 2 aliphatic rings. The van der Waals surface area contributed by atoms with Gasteiger partial charge in [-0.3, -0.25) is 9.59 Å². The molecule has 2 aromatic heterocycles. The molecule has 7 rings (SSSR count). The zero-order valence-corrected chi connectivity index (χ0v) is 26.2. The average Bonchev–Trinajstić information content (AvgIpc) is 3.90. The Labute approximate surface area is 270 Å². The quantitative estimate of drug-likeness (QED) is 0.191. The lowest BCUT2D eigenvalue weighted by Gasteiger charge is -2.27. The van der Waals surface area contributed by atoms with Crippen LogP contribution in [0.25, 0.3) is 11.0 Å². The topological polar surface area (TPSA) is 130 Å². The number of aliphatic hydroxyl groups is 1. The maximum atomic E-state index is 13.5. The van der Waals surface area contributed by atoms with Crippen LogP contribution in [0.1, 0.15) is 46.2 Å². The van der Waals surface area contributed by atoms with Crippen LogP contribution < -0.4 is 29.8 Å². The summed E-state index contributed by atoms with van der Waals surface area (Å²) in [7, 11) is 4.71. The second-order valence-electron chi connectivity index (χ2n) is 11.7. The number of rotatable bonds is 11. The van der Waals surface area contributed by atoms with Gasteiger partial charge in [0.15, 0.2) is 28.5 Å². The minimum Gasteiger partial charge on any atom is -0.497 e. The number of epoxide rings is 1. The molecule has 1 saturated heterocycles. The van der Waals surface area contributed by atoms with Gasteiger partial charge in [-0.05, 0) is 54.3 Å². The lowest BCUT2D eigenvalue weighted by atomic mass is 9.91. The molecule has 0 radical (unpaired) electrons. The van der Waals surface area contributed by atoms with Crippen LogP contribution in [-0.4, -0.2) is 38.6 Å². The number of ether oxygens (including phenoxy) is 5. The van der Waals surface area contributed by atoms with Crippen molar-refractivity contribution in [3.8, 4) is 23.0 Å². The van der Waals surface area contributed by atoms with Crippen LogP contribution in [0.5, 0.6) is 23.0 Å². The minimum absolute atomic E-state index is 0.176. The van der Waals surface area contributed by atoms with E-state index in [1.54, 1.807) is 20.3 Å². The smallest absolute Gasteiger partial charge is 0.193 e. The van der Waals surface area contributed by atoms with Gasteiger partial charge in [0.2, 0.25) is 0 Å². The first-order valence-electron chi connectivity index (χ1n) is 15.4. The van der Waals surface area contributed by atoms with Gasteiger partial charge < -0.3 is 37.6 Å². The maximum Gasteiger partial charge on any atom is 0.193 e. The largest absolute Gasteiger partial charge is 0.497 e. The van der Waals surface area contributed by atoms with Crippen LogP contribution in [0.3, 0.4) is 0 Å². The highest BCUT2D eigenvalue weighted by atomic mass is 16.6. The Kier molecular flexibility index (Phi) is 8.21. The number of benzene rings is 3. The Hall–Kier alpha value is -5.06. The Morgan fingerprint density at radius 2 is 1.28 bits per heavy atom. The summed E-state index contributed by atoms with van der Waals surface area (Å²) in [5.41, 5.74) is 2.10. The summed E-state index contributed by atoms with van der Waals surface area (Å²) in [4.78, 5) is 26.8. The molecule has 3 heterocycles. The summed E-state index contributed by atoms with van der Waals surface area (Å²) in [6, 6.07) is 21.5. The fourth-order valence-electron chi connectivity index (χ4n) is 6.10. The van der Waals surface area contributed by atoms with Gasteiger partial charge in [0.1, 0.15) is 52.7 Å². The molecule has 242 valence electrons. The molecule has 10 nitrogen and oxygen atoms in total. The predicted molar refractivity (Wildman–Crippen MR) is 172 cm³/mol. The van der Waals surface area contributed by atoms with Crippen molar-refractivity contribution in [1.82, 2.24) is 0 Å². The molecule has 0 amide bonds. The summed E-state index contributed by atoms with van der Waals surface area (Å²) < 4.78 is 40.4. The summed E-state index contributed by atoms with van der Waals surface area (Å²) in [5.74, 6) is 3.39. The number of hydrogen-bond acceptors (Lipinski definition) is 10. The molecule has 0 bridgehead atoms. The molecule has 0 spiro atoms. The fourth-order valence-corrected chi connectivity index (χ4v) is 6.10. The van der Waals surface area contributed by atoms with Gasteiger partial charge in [0.05, 0.1) is 32.3 Å². The highest BCUT2D eigenvalue weighted by molar-refractivity contribution is 5.81. The molecule has 47 heavy (non-hydrogen) atoms. The third-order valence-corrected chi connectivity index (χ3v) is 8.74. The number of aliphatic hydroxyl groups excluding tert-OH is 1. The molecule has 1 aliphatic heterocycles. The fraction of sp³-hybridized carbons (Fsp3) is 0.297. The van der Waals surface area contributed by atoms with Gasteiger partial charge in [-0.15, -0.1) is 0 Å². The highest BCUT2D eigenvalue weighted by Gasteiger charge is 2.58. The van der Waals surface area contributed by atoms with E-state index in [-0.39, 0.29) is 33.3 Å². The van der Waals surface area contributed by atoms with Gasteiger partial charge in [-0.1, -0.05) is 24.3 Å². The number of fused-ring (bicyclic) bond motifs is 4. The van der Waals surface area contributed by atoms with E-state index >= 15 is 0 Å². The first-order valence-corrected chi connectivity index (χ1v) is 15.4. The lowest BCUT2D eigenvalue weighted by molar-refractivity contribution is 0.0118. The maximum absolute atomic E-state index is 13.5. The molecular weight excluding hydrogens is 604 g/mol. The number of aryl methyl sites for hydroxylation is 4. The van der Waals surface area contributed by atoms with Gasteiger partial charge in [0, 0.05) is 31.0 Å². The normalized spacial score (nSPS) is 19.5. The van der Waals surface area contributed by atoms with E-state index < -0.39 is 24.4 Å². The van der Waals surface area contributed by atoms with Crippen molar-refractivity contribution in [2.45, 2.75) is 50.1 Å². The molecule has 1 aliphatic carbocycles. The van der Waals surface area contributed by atoms with E-state index in [0.717, 1.165) is 22.6 Å². The Morgan fingerprint density at radius 3 is 1.87 bits per heavy atom. The van der Waals surface area contributed by atoms with Crippen molar-refractivity contribution < 1.29 is 37.6 Å². The molecule has 1 fully saturated rings. The molecule has 3 aromatic carbocycles. The Morgan fingerprint density at radius 1 is 0.681 bits per heavy atom. The molecule has 4 atom stereocenters. The first kappa shape index (κ1) is 30.6. The van der Waals surface area contributed by atoms with Gasteiger partial charge in [0.25, 0.3) is 0 Å². The highest BCUT2D eigenvalue weighted by Crippen LogP contribution is 2.51. The van der Waals surface area contributed by atoms with Crippen molar-refractivity contribution in [2.75, 3.05) is 21.3 Å². The van der Waals surface area contributed by atoms with Crippen molar-refractivity contribution >= 4 is 11.0 Å². The van der Waals surface area contributed by atoms with Crippen molar-refractivity contribution in [3.63, 3.8) is 0 Å². The zero-order valence-electron chi connectivity index (χ0n) is 26.2. The van der Waals surface area contributed by atoms with Crippen LogP contribution in [0.2, 0.25) is 0 Å². The number of hydrogen-bond donors (Lipinski definition) is 1. The van der Waals surface area contributed by atoms with E-state index in [9.17, 15) is 14.7 Å². The number of methoxy groups -OCH3 is 3. The molecule has 0 saturated carbocycles. The van der Waals surface area contributed by atoms with E-state index in [2.05, 4.69) is 0 Å². The predicted octanol–water partition coefficient (Wildman–Crippen LogP) is 5.28. The summed E-state index contributed by atoms with van der Waals surface area (Å²) in [6.45, 7) is 0. The van der Waals surface area contributed by atoms with Crippen LogP contribution in [0, 0.1) is 0 Å². The van der Waals surface area contributed by atoms with Gasteiger partial charge >= 0.3 is 0 Å². The zero-order chi connectivity index (χ0) is 32.7. The van der Waals surface area contributed by atoms with Crippen LogP contribution in [-0.2, 0) is 30.4 Å².